The van der Waals surface area contributed by atoms with E-state index >= 15 is 0 Å². The van der Waals surface area contributed by atoms with Crippen molar-refractivity contribution in [1.82, 2.24) is 44.6 Å². The highest BCUT2D eigenvalue weighted by molar-refractivity contribution is 5.94. The summed E-state index contributed by atoms with van der Waals surface area (Å²) in [5.74, 6) is -1.12. The zero-order valence-corrected chi connectivity index (χ0v) is 23.9. The monoisotopic (exact) mass is 557 g/mol. The van der Waals surface area contributed by atoms with E-state index < -0.39 is 11.6 Å². The fraction of sp³-hybridized carbons (Fsp3) is 0.654. The Morgan fingerprint density at radius 1 is 1.00 bits per heavy atom. The van der Waals surface area contributed by atoms with Gasteiger partial charge >= 0.3 is 5.69 Å². The van der Waals surface area contributed by atoms with Crippen LogP contribution in [0.1, 0.15) is 65.5 Å². The maximum atomic E-state index is 13.3. The Bertz CT molecular complexity index is 1340. The number of aromatic amines is 1. The molecule has 4 amide bonds. The van der Waals surface area contributed by atoms with Crippen LogP contribution in [0.3, 0.4) is 0 Å². The maximum absolute atomic E-state index is 13.3. The summed E-state index contributed by atoms with van der Waals surface area (Å²) in [6, 6.07) is -0.115. The van der Waals surface area contributed by atoms with Crippen LogP contribution < -0.4 is 11.0 Å². The summed E-state index contributed by atoms with van der Waals surface area (Å²) in [6.45, 7) is 4.88. The minimum atomic E-state index is -0.519. The maximum Gasteiger partial charge on any atom is 0.343 e. The van der Waals surface area contributed by atoms with Gasteiger partial charge in [0, 0.05) is 71.0 Å². The third-order valence-electron chi connectivity index (χ3n) is 7.59. The molecule has 2 bridgehead atoms. The number of aromatic nitrogens is 5. The van der Waals surface area contributed by atoms with E-state index in [2.05, 4.69) is 20.5 Å². The smallest absolute Gasteiger partial charge is 0.343 e. The highest BCUT2D eigenvalue weighted by Gasteiger charge is 2.33. The number of aryl methyl sites for hydroxylation is 2. The van der Waals surface area contributed by atoms with Crippen LogP contribution in [0.2, 0.25) is 0 Å². The van der Waals surface area contributed by atoms with Crippen LogP contribution >= 0.6 is 0 Å². The van der Waals surface area contributed by atoms with E-state index in [1.165, 1.54) is 11.9 Å². The number of nitrogens with one attached hydrogen (secondary N) is 2. The molecule has 1 unspecified atom stereocenters. The molecular weight excluding hydrogens is 518 g/mol. The van der Waals surface area contributed by atoms with Gasteiger partial charge < -0.3 is 20.0 Å². The van der Waals surface area contributed by atoms with E-state index in [0.29, 0.717) is 31.5 Å². The summed E-state index contributed by atoms with van der Waals surface area (Å²) in [6.07, 6.45) is 2.38. The molecule has 40 heavy (non-hydrogen) atoms. The van der Waals surface area contributed by atoms with Gasteiger partial charge in [0.05, 0.1) is 6.54 Å². The quantitative estimate of drug-likeness (QED) is 0.505. The van der Waals surface area contributed by atoms with E-state index in [0.717, 1.165) is 22.4 Å². The van der Waals surface area contributed by atoms with Crippen molar-refractivity contribution in [2.45, 2.75) is 52.0 Å². The van der Waals surface area contributed by atoms with Crippen LogP contribution in [-0.2, 0) is 36.5 Å². The minimum absolute atomic E-state index is 0.0327. The fourth-order valence-electron chi connectivity index (χ4n) is 5.39. The lowest BCUT2D eigenvalue weighted by atomic mass is 9.90. The number of carbonyl (C=O) groups is 4. The molecule has 4 rings (SSSR count). The van der Waals surface area contributed by atoms with Gasteiger partial charge in [0.15, 0.2) is 5.69 Å². The molecule has 14 heteroatoms. The molecule has 2 aromatic heterocycles. The minimum Gasteiger partial charge on any atom is -0.349 e. The van der Waals surface area contributed by atoms with Gasteiger partial charge in [0.2, 0.25) is 17.6 Å². The molecule has 0 radical (unpaired) electrons. The van der Waals surface area contributed by atoms with Gasteiger partial charge in [0.1, 0.15) is 0 Å². The zero-order chi connectivity index (χ0) is 29.1. The third kappa shape index (κ3) is 6.26. The second kappa shape index (κ2) is 12.0. The lowest BCUT2D eigenvalue weighted by Crippen LogP contribution is -2.47. The van der Waals surface area contributed by atoms with Crippen LogP contribution in [0.4, 0.5) is 0 Å². The van der Waals surface area contributed by atoms with Gasteiger partial charge in [-0.05, 0) is 31.6 Å². The van der Waals surface area contributed by atoms with Gasteiger partial charge in [-0.15, -0.1) is 5.10 Å². The molecule has 2 N–H and O–H groups in total. The molecule has 0 aromatic carbocycles. The SMILES string of the molecule is CC(C)CN1CC(=O)N(C)C2CCc3c(c(nn3C)C(=O)NCCN(C(=O)c3nn(C)c(=O)[nH]3)CCCC1=O)C2. The summed E-state index contributed by atoms with van der Waals surface area (Å²) in [5.41, 5.74) is 1.58. The molecule has 0 spiro atoms. The van der Waals surface area contributed by atoms with E-state index in [-0.39, 0.29) is 68.1 Å². The Morgan fingerprint density at radius 3 is 2.42 bits per heavy atom. The fourth-order valence-corrected chi connectivity index (χ4v) is 5.39. The molecule has 0 fully saturated rings. The van der Waals surface area contributed by atoms with E-state index in [1.54, 1.807) is 28.6 Å². The Balaban J connectivity index is 1.62. The molecule has 1 aliphatic carbocycles. The summed E-state index contributed by atoms with van der Waals surface area (Å²) in [4.78, 5) is 72.0. The van der Waals surface area contributed by atoms with Gasteiger partial charge in [-0.25, -0.2) is 9.48 Å². The highest BCUT2D eigenvalue weighted by Crippen LogP contribution is 2.27. The first kappa shape index (κ1) is 29.0. The van der Waals surface area contributed by atoms with E-state index in [4.69, 9.17) is 0 Å². The summed E-state index contributed by atoms with van der Waals surface area (Å²) >= 11 is 0. The number of hydrogen-bond donors (Lipinski definition) is 2. The number of fused-ring (bicyclic) bond motifs is 1. The predicted octanol–water partition coefficient (Wildman–Crippen LogP) is -0.692. The Hall–Kier alpha value is -3.97. The average molecular weight is 558 g/mol. The van der Waals surface area contributed by atoms with Crippen LogP contribution in [0.25, 0.3) is 0 Å². The molecule has 0 saturated carbocycles. The van der Waals surface area contributed by atoms with Crippen LogP contribution in [-0.4, -0.2) is 109 Å². The number of likely N-dealkylation sites (N-methyl/N-ethyl adjacent to an activating group) is 1. The lowest BCUT2D eigenvalue weighted by molar-refractivity contribution is -0.141. The van der Waals surface area contributed by atoms with Gasteiger partial charge in [-0.3, -0.25) is 28.8 Å². The number of amides is 4. The molecule has 2 aromatic rings. The second-order valence-electron chi connectivity index (χ2n) is 11.0. The number of carbonyl (C=O) groups excluding carboxylic acids is 4. The summed E-state index contributed by atoms with van der Waals surface area (Å²) in [7, 11) is 5.00. The van der Waals surface area contributed by atoms with Gasteiger partial charge in [0.25, 0.3) is 11.8 Å². The van der Waals surface area contributed by atoms with E-state index in [1.807, 2.05) is 13.8 Å². The largest absolute Gasteiger partial charge is 0.349 e. The van der Waals surface area contributed by atoms with Crippen molar-refractivity contribution < 1.29 is 19.2 Å². The highest BCUT2D eigenvalue weighted by atomic mass is 16.2. The van der Waals surface area contributed by atoms with Crippen molar-refractivity contribution in [1.29, 1.82) is 0 Å². The van der Waals surface area contributed by atoms with Crippen LogP contribution in [0.5, 0.6) is 0 Å². The first-order valence-electron chi connectivity index (χ1n) is 13.7. The first-order valence-corrected chi connectivity index (χ1v) is 13.7. The summed E-state index contributed by atoms with van der Waals surface area (Å²) < 4.78 is 2.75. The van der Waals surface area contributed by atoms with Crippen molar-refractivity contribution in [3.63, 3.8) is 0 Å². The van der Waals surface area contributed by atoms with E-state index in [9.17, 15) is 24.0 Å². The normalized spacial score (nSPS) is 19.7. The van der Waals surface area contributed by atoms with Crippen LogP contribution in [0.15, 0.2) is 4.79 Å². The number of hydrogen-bond acceptors (Lipinski definition) is 7. The second-order valence-corrected chi connectivity index (χ2v) is 11.0. The number of H-pyrrole nitrogens is 1. The molecule has 1 atom stereocenters. The molecule has 0 saturated heterocycles. The van der Waals surface area contributed by atoms with Crippen LogP contribution in [0, 0.1) is 5.92 Å². The van der Waals surface area contributed by atoms with Crippen molar-refractivity contribution >= 4 is 23.6 Å². The van der Waals surface area contributed by atoms with Crippen molar-refractivity contribution in [2.24, 2.45) is 20.0 Å². The topological polar surface area (TPSA) is 159 Å². The molecule has 1 aliphatic heterocycles. The Morgan fingerprint density at radius 2 is 1.75 bits per heavy atom. The number of nitrogens with zero attached hydrogens (tertiary/aromatic N) is 7. The molecule has 14 nitrogen and oxygen atoms in total. The standard InChI is InChI=1S/C26H39N9O5/c1-16(2)14-35-15-21(37)31(3)17-8-9-19-18(13-17)22(29-32(19)4)24(38)27-10-12-34(11-6-7-20(35)36)25(39)23-28-26(40)33(5)30-23/h16-17H,6-15H2,1-5H3,(H,27,38)(H,28,30,40). The molecule has 218 valence electrons. The lowest BCUT2D eigenvalue weighted by Gasteiger charge is -2.34. The van der Waals surface area contributed by atoms with Crippen molar-refractivity contribution in [3.05, 3.63) is 33.3 Å². The molecular formula is C26H39N9O5. The predicted molar refractivity (Wildman–Crippen MR) is 145 cm³/mol. The summed E-state index contributed by atoms with van der Waals surface area (Å²) in [5, 5.41) is 11.3. The third-order valence-corrected chi connectivity index (χ3v) is 7.59. The van der Waals surface area contributed by atoms with Gasteiger partial charge in [-0.1, -0.05) is 13.8 Å². The molecule has 3 heterocycles. The Kier molecular flexibility index (Phi) is 8.74. The first-order chi connectivity index (χ1) is 19.0. The zero-order valence-electron chi connectivity index (χ0n) is 23.9. The van der Waals surface area contributed by atoms with Crippen molar-refractivity contribution in [3.8, 4) is 0 Å². The Labute approximate surface area is 232 Å². The average Bonchev–Trinajstić information content (AvgIpc) is 3.43. The van der Waals surface area contributed by atoms with Gasteiger partial charge in [-0.2, -0.15) is 5.10 Å². The molecule has 2 aliphatic rings. The number of rotatable bonds is 3. The van der Waals surface area contributed by atoms with Crippen molar-refractivity contribution in [2.75, 3.05) is 39.8 Å².